The largest absolute Gasteiger partial charge is 0.479 e. The molecule has 0 bridgehead atoms. The van der Waals surface area contributed by atoms with Crippen molar-refractivity contribution in [1.82, 2.24) is 0 Å². The van der Waals surface area contributed by atoms with Crippen LogP contribution in [0.4, 0.5) is 0 Å². The van der Waals surface area contributed by atoms with Gasteiger partial charge >= 0.3 is 5.97 Å². The van der Waals surface area contributed by atoms with Crippen molar-refractivity contribution in [2.24, 2.45) is 10.9 Å². The van der Waals surface area contributed by atoms with Crippen LogP contribution in [0.3, 0.4) is 0 Å². The molecule has 0 fully saturated rings. The molecule has 2 aromatic carbocycles. The van der Waals surface area contributed by atoms with Gasteiger partial charge in [-0.25, -0.2) is 4.79 Å². The first-order valence-electron chi connectivity index (χ1n) is 7.00. The molecule has 0 heterocycles. The summed E-state index contributed by atoms with van der Waals surface area (Å²) >= 11 is 3.33. The van der Waals surface area contributed by atoms with E-state index in [-0.39, 0.29) is 5.84 Å². The van der Waals surface area contributed by atoms with Gasteiger partial charge in [0.05, 0.1) is 0 Å². The maximum absolute atomic E-state index is 11.9. The maximum Gasteiger partial charge on any atom is 0.374 e. The summed E-state index contributed by atoms with van der Waals surface area (Å²) in [5, 5.41) is 3.66. The fraction of sp³-hybridized carbons (Fsp3) is 0.176. The topological polar surface area (TPSA) is 73.9 Å². The van der Waals surface area contributed by atoms with Gasteiger partial charge in [0, 0.05) is 10.0 Å². The van der Waals surface area contributed by atoms with Crippen LogP contribution in [-0.4, -0.2) is 17.9 Å². The summed E-state index contributed by atoms with van der Waals surface area (Å²) in [7, 11) is 0. The van der Waals surface area contributed by atoms with Gasteiger partial charge in [0.2, 0.25) is 0 Å². The van der Waals surface area contributed by atoms with Crippen LogP contribution in [-0.2, 0) is 9.63 Å². The van der Waals surface area contributed by atoms with Crippen molar-refractivity contribution in [3.63, 3.8) is 0 Å². The third-order valence-electron chi connectivity index (χ3n) is 3.10. The lowest BCUT2D eigenvalue weighted by atomic mass is 10.2. The van der Waals surface area contributed by atoms with Gasteiger partial charge in [-0.05, 0) is 37.6 Å². The van der Waals surface area contributed by atoms with E-state index in [9.17, 15) is 4.79 Å². The molecule has 0 amide bonds. The van der Waals surface area contributed by atoms with Crippen molar-refractivity contribution >= 4 is 27.7 Å². The number of ether oxygens (including phenoxy) is 1. The molecule has 0 aliphatic carbocycles. The Labute approximate surface area is 143 Å². The van der Waals surface area contributed by atoms with Crippen molar-refractivity contribution in [3.8, 4) is 5.75 Å². The average Bonchev–Trinajstić information content (AvgIpc) is 2.55. The summed E-state index contributed by atoms with van der Waals surface area (Å²) in [6.45, 7) is 3.50. The monoisotopic (exact) mass is 376 g/mol. The van der Waals surface area contributed by atoms with Crippen LogP contribution in [0.25, 0.3) is 0 Å². The molecule has 2 rings (SSSR count). The molecule has 6 heteroatoms. The Morgan fingerprint density at radius 3 is 2.48 bits per heavy atom. The molecule has 1 unspecified atom stereocenters. The third-order valence-corrected chi connectivity index (χ3v) is 3.63. The lowest BCUT2D eigenvalue weighted by Crippen LogP contribution is -2.26. The van der Waals surface area contributed by atoms with Crippen LogP contribution in [0, 0.1) is 6.92 Å². The van der Waals surface area contributed by atoms with Crippen molar-refractivity contribution in [2.45, 2.75) is 20.0 Å². The van der Waals surface area contributed by atoms with Gasteiger partial charge in [0.15, 0.2) is 11.9 Å². The van der Waals surface area contributed by atoms with E-state index in [1.807, 2.05) is 37.3 Å². The number of aryl methyl sites for hydroxylation is 1. The Morgan fingerprint density at radius 1 is 1.17 bits per heavy atom. The molecule has 0 radical (unpaired) electrons. The normalized spacial score (nSPS) is 12.6. The molecule has 0 saturated carbocycles. The second-order valence-corrected chi connectivity index (χ2v) is 5.83. The number of para-hydroxylation sites is 1. The highest BCUT2D eigenvalue weighted by Crippen LogP contribution is 2.18. The Balaban J connectivity index is 1.97. The van der Waals surface area contributed by atoms with E-state index >= 15 is 0 Å². The van der Waals surface area contributed by atoms with Crippen molar-refractivity contribution < 1.29 is 14.4 Å². The number of hydrogen-bond acceptors (Lipinski definition) is 4. The first kappa shape index (κ1) is 17.0. The fourth-order valence-electron chi connectivity index (χ4n) is 1.77. The van der Waals surface area contributed by atoms with E-state index in [0.717, 1.165) is 10.0 Å². The lowest BCUT2D eigenvalue weighted by Gasteiger charge is -2.13. The zero-order chi connectivity index (χ0) is 16.8. The highest BCUT2D eigenvalue weighted by molar-refractivity contribution is 9.10. The number of benzene rings is 2. The first-order chi connectivity index (χ1) is 11.0. The summed E-state index contributed by atoms with van der Waals surface area (Å²) < 4.78 is 6.49. The fourth-order valence-corrected chi connectivity index (χ4v) is 2.03. The van der Waals surface area contributed by atoms with Crippen LogP contribution in [0.15, 0.2) is 58.2 Å². The number of halogens is 1. The van der Waals surface area contributed by atoms with E-state index < -0.39 is 12.1 Å². The van der Waals surface area contributed by atoms with Crippen LogP contribution in [0.5, 0.6) is 5.75 Å². The number of nitrogens with zero attached hydrogens (tertiary/aromatic N) is 1. The number of oxime groups is 1. The van der Waals surface area contributed by atoms with Gasteiger partial charge < -0.3 is 15.3 Å². The van der Waals surface area contributed by atoms with Gasteiger partial charge in [-0.2, -0.15) is 0 Å². The molecular weight excluding hydrogens is 360 g/mol. The van der Waals surface area contributed by atoms with Crippen molar-refractivity contribution in [1.29, 1.82) is 0 Å². The van der Waals surface area contributed by atoms with Crippen molar-refractivity contribution in [2.75, 3.05) is 0 Å². The smallest absolute Gasteiger partial charge is 0.374 e. The number of amidine groups is 1. The second-order valence-electron chi connectivity index (χ2n) is 4.92. The zero-order valence-corrected chi connectivity index (χ0v) is 14.4. The summed E-state index contributed by atoms with van der Waals surface area (Å²) in [6, 6.07) is 14.6. The minimum atomic E-state index is -0.794. The first-order valence-corrected chi connectivity index (χ1v) is 7.79. The molecule has 5 nitrogen and oxygen atoms in total. The summed E-state index contributed by atoms with van der Waals surface area (Å²) in [6.07, 6.45) is -0.794. The summed E-state index contributed by atoms with van der Waals surface area (Å²) in [5.41, 5.74) is 7.38. The van der Waals surface area contributed by atoms with E-state index in [1.54, 1.807) is 25.1 Å². The molecule has 120 valence electrons. The number of nitrogens with two attached hydrogens (primary N) is 1. The van der Waals surface area contributed by atoms with E-state index in [2.05, 4.69) is 21.1 Å². The van der Waals surface area contributed by atoms with Gasteiger partial charge in [0.25, 0.3) is 0 Å². The van der Waals surface area contributed by atoms with Gasteiger partial charge in [-0.1, -0.05) is 51.4 Å². The predicted octanol–water partition coefficient (Wildman–Crippen LogP) is 3.39. The van der Waals surface area contributed by atoms with Crippen LogP contribution in [0.1, 0.15) is 18.1 Å². The minimum Gasteiger partial charge on any atom is -0.479 e. The quantitative estimate of drug-likeness (QED) is 0.375. The lowest BCUT2D eigenvalue weighted by molar-refractivity contribution is -0.151. The number of hydrogen-bond donors (Lipinski definition) is 1. The van der Waals surface area contributed by atoms with E-state index in [0.29, 0.717) is 11.3 Å². The third kappa shape index (κ3) is 4.82. The van der Waals surface area contributed by atoms with Crippen LogP contribution in [0.2, 0.25) is 0 Å². The summed E-state index contributed by atoms with van der Waals surface area (Å²) in [4.78, 5) is 16.8. The highest BCUT2D eigenvalue weighted by atomic mass is 79.9. The molecule has 2 aromatic rings. The Morgan fingerprint density at radius 2 is 1.83 bits per heavy atom. The zero-order valence-electron chi connectivity index (χ0n) is 12.8. The SMILES string of the molecule is Cc1ccccc1OC(C)C(=O)O/N=C(\N)c1ccc(Br)cc1. The second kappa shape index (κ2) is 7.78. The van der Waals surface area contributed by atoms with Crippen LogP contribution < -0.4 is 10.5 Å². The Bertz CT molecular complexity index is 714. The number of carbonyl (C=O) groups is 1. The summed E-state index contributed by atoms with van der Waals surface area (Å²) in [5.74, 6) is 0.129. The van der Waals surface area contributed by atoms with E-state index in [1.165, 1.54) is 0 Å². The molecular formula is C17H17BrN2O3. The predicted molar refractivity (Wildman–Crippen MR) is 92.2 cm³/mol. The molecule has 0 saturated heterocycles. The van der Waals surface area contributed by atoms with Crippen molar-refractivity contribution in [3.05, 3.63) is 64.1 Å². The van der Waals surface area contributed by atoms with Crippen LogP contribution >= 0.6 is 15.9 Å². The Kier molecular flexibility index (Phi) is 5.76. The molecule has 0 spiro atoms. The number of carbonyl (C=O) groups excluding carboxylic acids is 1. The molecule has 2 N–H and O–H groups in total. The highest BCUT2D eigenvalue weighted by Gasteiger charge is 2.18. The average molecular weight is 377 g/mol. The molecule has 0 aliphatic rings. The molecule has 0 aromatic heterocycles. The molecule has 0 aliphatic heterocycles. The number of rotatable bonds is 5. The molecule has 23 heavy (non-hydrogen) atoms. The Hall–Kier alpha value is -2.34. The van der Waals surface area contributed by atoms with E-state index in [4.69, 9.17) is 15.3 Å². The minimum absolute atomic E-state index is 0.119. The van der Waals surface area contributed by atoms with Gasteiger partial charge in [-0.3, -0.25) is 0 Å². The van der Waals surface area contributed by atoms with Gasteiger partial charge in [0.1, 0.15) is 5.75 Å². The standard InChI is InChI=1S/C17H17BrN2O3/c1-11-5-3-4-6-15(11)22-12(2)17(21)23-20-16(19)13-7-9-14(18)10-8-13/h3-10,12H,1-2H3,(H2,19,20). The van der Waals surface area contributed by atoms with Gasteiger partial charge in [-0.15, -0.1) is 0 Å². The molecule has 1 atom stereocenters. The maximum atomic E-state index is 11.9.